The van der Waals surface area contributed by atoms with Crippen LogP contribution in [0, 0.1) is 5.92 Å². The molecule has 3 N–H and O–H groups in total. The van der Waals surface area contributed by atoms with Gasteiger partial charge in [0.05, 0.1) is 17.3 Å². The maximum absolute atomic E-state index is 12.1. The first-order valence-electron chi connectivity index (χ1n) is 11.4. The number of nitrogens with one attached hydrogen (secondary N) is 3. The number of anilines is 1. The molecule has 6 aromatic heterocycles. The fourth-order valence-corrected chi connectivity index (χ4v) is 3.98. The fraction of sp³-hybridized carbons (Fsp3) is 0.115. The van der Waals surface area contributed by atoms with Crippen LogP contribution in [-0.2, 0) is 4.79 Å². The van der Waals surface area contributed by atoms with E-state index in [2.05, 4.69) is 40.4 Å². The van der Waals surface area contributed by atoms with Gasteiger partial charge in [0.15, 0.2) is 17.1 Å². The molecule has 0 spiro atoms. The number of hydrogen-bond acceptors (Lipinski definition) is 7. The van der Waals surface area contributed by atoms with E-state index in [-0.39, 0.29) is 11.8 Å². The molecule has 176 valence electrons. The van der Waals surface area contributed by atoms with Crippen molar-refractivity contribution in [2.24, 2.45) is 5.92 Å². The second kappa shape index (κ2) is 8.66. The first-order chi connectivity index (χ1) is 17.6. The number of carbonyl (C=O) groups excluding carboxylic acids is 1. The summed E-state index contributed by atoms with van der Waals surface area (Å²) in [5.74, 6) is 0.391. The zero-order valence-corrected chi connectivity index (χ0v) is 19.5. The third-order valence-electron chi connectivity index (χ3n) is 5.88. The summed E-state index contributed by atoms with van der Waals surface area (Å²) in [4.78, 5) is 37.6. The summed E-state index contributed by atoms with van der Waals surface area (Å²) in [6.07, 6.45) is 10.4. The lowest BCUT2D eigenvalue weighted by atomic mass is 10.1. The number of H-pyrrole nitrogens is 2. The number of aromatic nitrogens is 8. The van der Waals surface area contributed by atoms with Crippen molar-refractivity contribution >= 4 is 33.8 Å². The Bertz CT molecular complexity index is 1720. The highest BCUT2D eigenvalue weighted by molar-refractivity contribution is 5.96. The molecule has 1 amide bonds. The van der Waals surface area contributed by atoms with Gasteiger partial charge >= 0.3 is 0 Å². The van der Waals surface area contributed by atoms with Gasteiger partial charge in [-0.3, -0.25) is 19.9 Å². The lowest BCUT2D eigenvalue weighted by molar-refractivity contribution is -0.118. The van der Waals surface area contributed by atoms with E-state index < -0.39 is 0 Å². The van der Waals surface area contributed by atoms with Crippen LogP contribution in [0.4, 0.5) is 5.69 Å². The molecule has 6 rings (SSSR count). The predicted molar refractivity (Wildman–Crippen MR) is 137 cm³/mol. The summed E-state index contributed by atoms with van der Waals surface area (Å²) in [7, 11) is 0. The van der Waals surface area contributed by atoms with Crippen LogP contribution in [0.2, 0.25) is 0 Å². The first kappa shape index (κ1) is 21.5. The summed E-state index contributed by atoms with van der Waals surface area (Å²) in [6.45, 7) is 3.69. The number of hydrogen-bond donors (Lipinski definition) is 3. The Morgan fingerprint density at radius 3 is 2.56 bits per heavy atom. The van der Waals surface area contributed by atoms with E-state index in [9.17, 15) is 4.79 Å². The molecule has 0 aliphatic rings. The van der Waals surface area contributed by atoms with Crippen molar-refractivity contribution in [1.82, 2.24) is 40.1 Å². The van der Waals surface area contributed by atoms with Gasteiger partial charge in [-0.1, -0.05) is 13.8 Å². The van der Waals surface area contributed by atoms with Crippen LogP contribution in [0.1, 0.15) is 13.8 Å². The largest absolute Gasteiger partial charge is 0.324 e. The Morgan fingerprint density at radius 1 is 0.889 bits per heavy atom. The minimum absolute atomic E-state index is 0.0655. The van der Waals surface area contributed by atoms with Gasteiger partial charge in [-0.15, -0.1) is 0 Å². The zero-order valence-electron chi connectivity index (χ0n) is 19.5. The lowest BCUT2D eigenvalue weighted by Gasteiger charge is -2.09. The van der Waals surface area contributed by atoms with E-state index in [0.29, 0.717) is 28.5 Å². The molecule has 6 aromatic rings. The molecule has 0 unspecified atom stereocenters. The smallest absolute Gasteiger partial charge is 0.226 e. The van der Waals surface area contributed by atoms with Crippen molar-refractivity contribution in [3.8, 4) is 33.8 Å². The average Bonchev–Trinajstić information content (AvgIpc) is 3.53. The number of amides is 1. The Kier molecular flexibility index (Phi) is 5.18. The van der Waals surface area contributed by atoms with Crippen LogP contribution >= 0.6 is 0 Å². The Hall–Kier alpha value is -4.99. The highest BCUT2D eigenvalue weighted by Crippen LogP contribution is 2.32. The fourth-order valence-electron chi connectivity index (χ4n) is 3.98. The molecule has 10 heteroatoms. The Labute approximate surface area is 205 Å². The van der Waals surface area contributed by atoms with Crippen LogP contribution in [0.3, 0.4) is 0 Å². The van der Waals surface area contributed by atoms with Gasteiger partial charge in [0, 0.05) is 53.6 Å². The number of imidazole rings is 1. The molecule has 0 aliphatic heterocycles. The van der Waals surface area contributed by atoms with Crippen LogP contribution in [0.5, 0.6) is 0 Å². The summed E-state index contributed by atoms with van der Waals surface area (Å²) in [5.41, 5.74) is 6.93. The second-order valence-corrected chi connectivity index (χ2v) is 8.68. The van der Waals surface area contributed by atoms with Crippen molar-refractivity contribution in [2.45, 2.75) is 13.8 Å². The van der Waals surface area contributed by atoms with Crippen molar-refractivity contribution < 1.29 is 4.79 Å². The second-order valence-electron chi connectivity index (χ2n) is 8.68. The van der Waals surface area contributed by atoms with Gasteiger partial charge in [-0.25, -0.2) is 15.0 Å². The normalized spacial score (nSPS) is 11.4. The summed E-state index contributed by atoms with van der Waals surface area (Å²) >= 11 is 0. The van der Waals surface area contributed by atoms with Gasteiger partial charge in [0.25, 0.3) is 0 Å². The standard InChI is InChI=1S/C26H21N9O/c1-14(2)26(36)31-18-9-16(11-28-13-18)17-10-20-22(34-35-23(20)30-12-17)25-32-21-19(5-8-29-24(21)33-25)15-3-6-27-7-4-15/h3-14H,1-2H3,(H,31,36)(H,29,32,33)(H,30,34,35). The quantitative estimate of drug-likeness (QED) is 0.331. The summed E-state index contributed by atoms with van der Waals surface area (Å²) in [6, 6.07) is 9.67. The van der Waals surface area contributed by atoms with E-state index in [0.717, 1.165) is 33.2 Å². The molecule has 0 bridgehead atoms. The third-order valence-corrected chi connectivity index (χ3v) is 5.88. The average molecular weight is 476 g/mol. The number of rotatable bonds is 5. The van der Waals surface area contributed by atoms with Gasteiger partial charge in [-0.05, 0) is 35.9 Å². The van der Waals surface area contributed by atoms with Crippen LogP contribution in [0.25, 0.3) is 56.0 Å². The molecule has 10 nitrogen and oxygen atoms in total. The SMILES string of the molecule is CC(C)C(=O)Nc1cncc(-c2cnc3[nH]nc(-c4nc5c(-c6ccncc6)ccnc5[nH]4)c3c2)c1. The zero-order chi connectivity index (χ0) is 24.6. The Balaban J connectivity index is 1.41. The van der Waals surface area contributed by atoms with E-state index >= 15 is 0 Å². The monoisotopic (exact) mass is 475 g/mol. The molecule has 0 aromatic carbocycles. The number of aromatic amines is 2. The van der Waals surface area contributed by atoms with Crippen molar-refractivity contribution in [3.63, 3.8) is 0 Å². The summed E-state index contributed by atoms with van der Waals surface area (Å²) in [5, 5.41) is 11.2. The van der Waals surface area contributed by atoms with Gasteiger partial charge < -0.3 is 10.3 Å². The number of fused-ring (bicyclic) bond motifs is 2. The molecule has 0 saturated carbocycles. The van der Waals surface area contributed by atoms with E-state index in [1.807, 2.05) is 44.2 Å². The third kappa shape index (κ3) is 3.84. The number of carbonyl (C=O) groups is 1. The first-order valence-corrected chi connectivity index (χ1v) is 11.4. The Morgan fingerprint density at radius 2 is 1.72 bits per heavy atom. The molecular weight excluding hydrogens is 454 g/mol. The molecule has 0 fully saturated rings. The van der Waals surface area contributed by atoms with Gasteiger partial charge in [0.2, 0.25) is 5.91 Å². The minimum atomic E-state index is -0.127. The number of pyridine rings is 4. The van der Waals surface area contributed by atoms with Crippen LogP contribution in [0.15, 0.2) is 67.5 Å². The van der Waals surface area contributed by atoms with Gasteiger partial charge in [-0.2, -0.15) is 5.10 Å². The lowest BCUT2D eigenvalue weighted by Crippen LogP contribution is -2.17. The molecule has 36 heavy (non-hydrogen) atoms. The van der Waals surface area contributed by atoms with E-state index in [1.165, 1.54) is 0 Å². The summed E-state index contributed by atoms with van der Waals surface area (Å²) < 4.78 is 0. The van der Waals surface area contributed by atoms with E-state index in [4.69, 9.17) is 4.98 Å². The van der Waals surface area contributed by atoms with Gasteiger partial charge in [0.1, 0.15) is 11.2 Å². The van der Waals surface area contributed by atoms with Crippen molar-refractivity contribution in [2.75, 3.05) is 5.32 Å². The molecular formula is C26H21N9O. The predicted octanol–water partition coefficient (Wildman–Crippen LogP) is 4.61. The molecule has 6 heterocycles. The molecule has 0 aliphatic carbocycles. The van der Waals surface area contributed by atoms with Crippen LogP contribution < -0.4 is 5.32 Å². The number of nitrogens with zero attached hydrogens (tertiary/aromatic N) is 6. The van der Waals surface area contributed by atoms with Crippen LogP contribution in [-0.4, -0.2) is 46.0 Å². The van der Waals surface area contributed by atoms with E-state index in [1.54, 1.807) is 37.2 Å². The van der Waals surface area contributed by atoms with Crippen molar-refractivity contribution in [1.29, 1.82) is 0 Å². The highest BCUT2D eigenvalue weighted by atomic mass is 16.1. The topological polar surface area (TPSA) is 138 Å². The van der Waals surface area contributed by atoms with Crippen molar-refractivity contribution in [3.05, 3.63) is 67.5 Å². The maximum Gasteiger partial charge on any atom is 0.226 e. The molecule has 0 radical (unpaired) electrons. The molecule has 0 saturated heterocycles. The molecule has 0 atom stereocenters. The maximum atomic E-state index is 12.1. The highest BCUT2D eigenvalue weighted by Gasteiger charge is 2.17. The minimum Gasteiger partial charge on any atom is -0.324 e.